The predicted molar refractivity (Wildman–Crippen MR) is 56.5 cm³/mol. The maximum absolute atomic E-state index is 12.7. The lowest BCUT2D eigenvalue weighted by molar-refractivity contribution is -0.190. The second-order valence-corrected chi connectivity index (χ2v) is 4.21. The van der Waals surface area contributed by atoms with Crippen molar-refractivity contribution >= 4 is 0 Å². The first-order valence-electron chi connectivity index (χ1n) is 5.47. The lowest BCUT2D eigenvalue weighted by Crippen LogP contribution is -2.32. The lowest BCUT2D eigenvalue weighted by atomic mass is 10.0. The summed E-state index contributed by atoms with van der Waals surface area (Å²) in [5, 5.41) is 8.91. The molecule has 2 heterocycles. The maximum Gasteiger partial charge on any atom is 0.394 e. The third-order valence-corrected chi connectivity index (χ3v) is 3.00. The molecule has 2 N–H and O–H groups in total. The summed E-state index contributed by atoms with van der Waals surface area (Å²) in [6, 6.07) is 1.01. The summed E-state index contributed by atoms with van der Waals surface area (Å²) in [5.41, 5.74) is -1.50. The van der Waals surface area contributed by atoms with Crippen LogP contribution in [0.5, 0.6) is 0 Å². The van der Waals surface area contributed by atoms with Crippen molar-refractivity contribution < 1.29 is 23.0 Å². The highest BCUT2D eigenvalue weighted by Crippen LogP contribution is 2.42. The van der Waals surface area contributed by atoms with Crippen molar-refractivity contribution in [1.82, 2.24) is 9.55 Å². The predicted octanol–water partition coefficient (Wildman–Crippen LogP) is -0.00510. The van der Waals surface area contributed by atoms with Crippen LogP contribution in [0.15, 0.2) is 21.9 Å². The Morgan fingerprint density at radius 1 is 1.47 bits per heavy atom. The number of hydrogen-bond donors (Lipinski definition) is 2. The van der Waals surface area contributed by atoms with Crippen molar-refractivity contribution in [3.05, 3.63) is 33.1 Å². The number of aromatic amines is 1. The van der Waals surface area contributed by atoms with Crippen LogP contribution in [0.25, 0.3) is 0 Å². The van der Waals surface area contributed by atoms with E-state index in [1.165, 1.54) is 0 Å². The van der Waals surface area contributed by atoms with E-state index in [9.17, 15) is 22.8 Å². The Balaban J connectivity index is 2.29. The largest absolute Gasteiger partial charge is 0.394 e. The highest BCUT2D eigenvalue weighted by atomic mass is 19.4. The zero-order valence-corrected chi connectivity index (χ0v) is 9.55. The number of nitrogens with zero attached hydrogens (tertiary/aromatic N) is 1. The molecule has 6 nitrogen and oxygen atoms in total. The van der Waals surface area contributed by atoms with Gasteiger partial charge < -0.3 is 9.84 Å². The average molecular weight is 280 g/mol. The number of hydrogen-bond acceptors (Lipinski definition) is 4. The van der Waals surface area contributed by atoms with Crippen LogP contribution in [0, 0.1) is 5.92 Å². The second-order valence-electron chi connectivity index (χ2n) is 4.21. The van der Waals surface area contributed by atoms with Crippen LogP contribution < -0.4 is 11.2 Å². The lowest BCUT2D eigenvalue weighted by Gasteiger charge is -2.18. The van der Waals surface area contributed by atoms with Gasteiger partial charge in [0.1, 0.15) is 6.23 Å². The number of aliphatic hydroxyl groups is 1. The fourth-order valence-corrected chi connectivity index (χ4v) is 2.07. The van der Waals surface area contributed by atoms with E-state index in [0.717, 1.165) is 16.8 Å². The van der Waals surface area contributed by atoms with Crippen molar-refractivity contribution in [3.63, 3.8) is 0 Å². The zero-order valence-electron chi connectivity index (χ0n) is 9.55. The molecule has 3 atom stereocenters. The van der Waals surface area contributed by atoms with Crippen LogP contribution in [-0.4, -0.2) is 33.5 Å². The van der Waals surface area contributed by atoms with E-state index in [0.29, 0.717) is 0 Å². The summed E-state index contributed by atoms with van der Waals surface area (Å²) in [6.45, 7) is -0.793. The quantitative estimate of drug-likeness (QED) is 0.798. The molecule has 0 aromatic carbocycles. The Hall–Kier alpha value is -1.61. The van der Waals surface area contributed by atoms with Crippen molar-refractivity contribution in [2.75, 3.05) is 6.61 Å². The molecule has 9 heteroatoms. The molecule has 2 rings (SSSR count). The summed E-state index contributed by atoms with van der Waals surface area (Å²) in [6.07, 6.45) is -6.51. The van der Waals surface area contributed by atoms with Gasteiger partial charge >= 0.3 is 11.9 Å². The Morgan fingerprint density at radius 2 is 2.16 bits per heavy atom. The van der Waals surface area contributed by atoms with E-state index >= 15 is 0 Å². The standard InChI is InChI=1S/C10H11F3N2O4/c11-10(12,13)5-3-8(19-6(5)4-16)15-2-1-7(17)14-9(15)18/h1-2,5-6,8,16H,3-4H2,(H,14,17,18)/t5-,6-,8-/m1/s1. The molecule has 1 aromatic heterocycles. The number of halogens is 3. The fraction of sp³-hybridized carbons (Fsp3) is 0.600. The number of H-pyrrole nitrogens is 1. The second kappa shape index (κ2) is 4.82. The minimum atomic E-state index is -4.52. The van der Waals surface area contributed by atoms with Gasteiger partial charge in [0.15, 0.2) is 0 Å². The Kier molecular flexibility index (Phi) is 3.50. The number of alkyl halides is 3. The third kappa shape index (κ3) is 2.71. The van der Waals surface area contributed by atoms with Gasteiger partial charge in [-0.15, -0.1) is 0 Å². The molecule has 19 heavy (non-hydrogen) atoms. The summed E-state index contributed by atoms with van der Waals surface area (Å²) >= 11 is 0. The molecule has 0 spiro atoms. The molecule has 0 bridgehead atoms. The first-order chi connectivity index (χ1) is 8.82. The Morgan fingerprint density at radius 3 is 2.63 bits per heavy atom. The molecular weight excluding hydrogens is 269 g/mol. The van der Waals surface area contributed by atoms with Gasteiger partial charge in [0.05, 0.1) is 18.6 Å². The highest BCUT2D eigenvalue weighted by Gasteiger charge is 2.51. The maximum atomic E-state index is 12.7. The first-order valence-corrected chi connectivity index (χ1v) is 5.47. The van der Waals surface area contributed by atoms with Gasteiger partial charge in [0.25, 0.3) is 5.56 Å². The molecule has 1 fully saturated rings. The van der Waals surface area contributed by atoms with Crippen LogP contribution in [0.4, 0.5) is 13.2 Å². The minimum absolute atomic E-state index is 0.485. The molecule has 0 saturated carbocycles. The van der Waals surface area contributed by atoms with Crippen LogP contribution in [0.2, 0.25) is 0 Å². The number of ether oxygens (including phenoxy) is 1. The van der Waals surface area contributed by atoms with Gasteiger partial charge in [0.2, 0.25) is 0 Å². The number of aliphatic hydroxyl groups excluding tert-OH is 1. The topological polar surface area (TPSA) is 84.3 Å². The van der Waals surface area contributed by atoms with E-state index in [-0.39, 0.29) is 0 Å². The van der Waals surface area contributed by atoms with Crippen LogP contribution in [0.3, 0.4) is 0 Å². The highest BCUT2D eigenvalue weighted by molar-refractivity contribution is 4.90. The van der Waals surface area contributed by atoms with Crippen molar-refractivity contribution in [3.8, 4) is 0 Å². The Bertz CT molecular complexity index is 565. The normalized spacial score (nSPS) is 27.7. The van der Waals surface area contributed by atoms with Crippen LogP contribution >= 0.6 is 0 Å². The molecule has 1 aliphatic heterocycles. The van der Waals surface area contributed by atoms with Gasteiger partial charge in [-0.1, -0.05) is 0 Å². The van der Waals surface area contributed by atoms with Crippen molar-refractivity contribution in [2.45, 2.75) is 24.9 Å². The van der Waals surface area contributed by atoms with Gasteiger partial charge in [-0.3, -0.25) is 14.3 Å². The summed E-state index contributed by atoms with van der Waals surface area (Å²) in [4.78, 5) is 24.3. The van der Waals surface area contributed by atoms with E-state index in [1.54, 1.807) is 0 Å². The molecule has 0 amide bonds. The summed E-state index contributed by atoms with van der Waals surface area (Å²) in [5.74, 6) is -1.85. The summed E-state index contributed by atoms with van der Waals surface area (Å²) in [7, 11) is 0. The average Bonchev–Trinajstić information content (AvgIpc) is 2.72. The van der Waals surface area contributed by atoms with Crippen LogP contribution in [-0.2, 0) is 4.74 Å². The summed E-state index contributed by atoms with van der Waals surface area (Å²) < 4.78 is 44.0. The van der Waals surface area contributed by atoms with E-state index < -0.39 is 48.7 Å². The van der Waals surface area contributed by atoms with Crippen molar-refractivity contribution in [1.29, 1.82) is 0 Å². The number of aromatic nitrogens is 2. The molecule has 0 aliphatic carbocycles. The monoisotopic (exact) mass is 280 g/mol. The third-order valence-electron chi connectivity index (χ3n) is 3.00. The molecular formula is C10H11F3N2O4. The molecule has 1 saturated heterocycles. The molecule has 1 aromatic rings. The molecule has 0 radical (unpaired) electrons. The number of rotatable bonds is 2. The fourth-order valence-electron chi connectivity index (χ4n) is 2.07. The van der Waals surface area contributed by atoms with Crippen LogP contribution in [0.1, 0.15) is 12.6 Å². The Labute approximate surface area is 104 Å². The van der Waals surface area contributed by atoms with E-state index in [1.807, 2.05) is 4.98 Å². The molecule has 0 unspecified atom stereocenters. The SMILES string of the molecule is O=c1ccn([C@H]2C[C@@H](C(F)(F)F)[C@@H](CO)O2)c(=O)[nH]1. The van der Waals surface area contributed by atoms with Gasteiger partial charge in [-0.2, -0.15) is 13.2 Å². The van der Waals surface area contributed by atoms with Crippen molar-refractivity contribution in [2.24, 2.45) is 5.92 Å². The van der Waals surface area contributed by atoms with E-state index in [2.05, 4.69) is 0 Å². The number of nitrogens with one attached hydrogen (secondary N) is 1. The van der Waals surface area contributed by atoms with Gasteiger partial charge in [0, 0.05) is 18.7 Å². The van der Waals surface area contributed by atoms with Gasteiger partial charge in [-0.25, -0.2) is 4.79 Å². The molecule has 106 valence electrons. The smallest absolute Gasteiger partial charge is 0.394 e. The van der Waals surface area contributed by atoms with Gasteiger partial charge in [-0.05, 0) is 0 Å². The minimum Gasteiger partial charge on any atom is -0.394 e. The first kappa shape index (κ1) is 13.8. The zero-order chi connectivity index (χ0) is 14.2. The van der Waals surface area contributed by atoms with E-state index in [4.69, 9.17) is 9.84 Å². The molecule has 1 aliphatic rings.